The third-order valence-corrected chi connectivity index (χ3v) is 3.81. The molecule has 1 saturated heterocycles. The van der Waals surface area contributed by atoms with Crippen molar-refractivity contribution in [2.24, 2.45) is 0 Å². The van der Waals surface area contributed by atoms with E-state index in [1.807, 2.05) is 10.6 Å². The van der Waals surface area contributed by atoms with Crippen molar-refractivity contribution < 1.29 is 28.2 Å². The third-order valence-electron chi connectivity index (χ3n) is 3.81. The molecule has 144 valence electrons. The average Bonchev–Trinajstić information content (AvgIpc) is 2.64. The van der Waals surface area contributed by atoms with E-state index in [4.69, 9.17) is 9.47 Å². The van der Waals surface area contributed by atoms with Crippen LogP contribution in [-0.4, -0.2) is 24.5 Å². The average molecular weight is 384 g/mol. The van der Waals surface area contributed by atoms with Crippen LogP contribution < -0.4 is 20.1 Å². The van der Waals surface area contributed by atoms with Crippen molar-refractivity contribution in [3.63, 3.8) is 0 Å². The summed E-state index contributed by atoms with van der Waals surface area (Å²) >= 11 is 0. The number of ether oxygens (including phenoxy) is 2. The molecule has 0 spiro atoms. The molecule has 0 saturated carbocycles. The number of benzene rings is 2. The molecule has 28 heavy (non-hydrogen) atoms. The molecule has 0 bridgehead atoms. The van der Waals surface area contributed by atoms with Crippen LogP contribution in [0.5, 0.6) is 11.5 Å². The smallest absolute Gasteiger partial charge is 0.328 e. The second-order valence-corrected chi connectivity index (χ2v) is 5.85. The van der Waals surface area contributed by atoms with E-state index in [2.05, 4.69) is 0 Å². The first kappa shape index (κ1) is 19.1. The molecule has 1 aliphatic heterocycles. The monoisotopic (exact) mass is 384 g/mol. The Bertz CT molecular complexity index is 949. The zero-order valence-electron chi connectivity index (χ0n) is 15.0. The number of amides is 4. The maximum atomic E-state index is 13.3. The summed E-state index contributed by atoms with van der Waals surface area (Å²) in [5.41, 5.74) is 0.973. The van der Waals surface area contributed by atoms with Gasteiger partial charge in [-0.15, -0.1) is 0 Å². The van der Waals surface area contributed by atoms with Gasteiger partial charge in [-0.25, -0.2) is 9.18 Å². The first-order valence-electron chi connectivity index (χ1n) is 8.48. The number of carbonyl (C=O) groups is 3. The SMILES string of the molecule is CCOc1cc(C=C2C(=O)NC(=O)NC2=O)ccc1OCc1cccc(F)c1. The number of imide groups is 2. The van der Waals surface area contributed by atoms with Crippen LogP contribution in [0.4, 0.5) is 9.18 Å². The van der Waals surface area contributed by atoms with Crippen LogP contribution in [0.15, 0.2) is 48.0 Å². The van der Waals surface area contributed by atoms with Gasteiger partial charge in [-0.05, 0) is 48.4 Å². The Morgan fingerprint density at radius 3 is 2.39 bits per heavy atom. The molecule has 8 heteroatoms. The highest BCUT2D eigenvalue weighted by Crippen LogP contribution is 2.30. The largest absolute Gasteiger partial charge is 0.490 e. The lowest BCUT2D eigenvalue weighted by Gasteiger charge is -2.15. The summed E-state index contributed by atoms with van der Waals surface area (Å²) in [4.78, 5) is 34.8. The minimum Gasteiger partial charge on any atom is -0.490 e. The van der Waals surface area contributed by atoms with Crippen LogP contribution in [0.25, 0.3) is 6.08 Å². The Kier molecular flexibility index (Phi) is 5.69. The van der Waals surface area contributed by atoms with E-state index in [1.54, 1.807) is 37.3 Å². The fourth-order valence-electron chi connectivity index (χ4n) is 2.56. The van der Waals surface area contributed by atoms with Crippen LogP contribution in [-0.2, 0) is 16.2 Å². The van der Waals surface area contributed by atoms with Crippen molar-refractivity contribution in [1.82, 2.24) is 10.6 Å². The van der Waals surface area contributed by atoms with Crippen molar-refractivity contribution in [3.8, 4) is 11.5 Å². The number of carbonyl (C=O) groups excluding carboxylic acids is 3. The zero-order chi connectivity index (χ0) is 20.1. The van der Waals surface area contributed by atoms with Crippen LogP contribution in [0.2, 0.25) is 0 Å². The maximum Gasteiger partial charge on any atom is 0.328 e. The van der Waals surface area contributed by atoms with Crippen molar-refractivity contribution in [3.05, 3.63) is 65.0 Å². The molecule has 2 N–H and O–H groups in total. The van der Waals surface area contributed by atoms with E-state index < -0.39 is 17.8 Å². The summed E-state index contributed by atoms with van der Waals surface area (Å²) in [5.74, 6) is -1.08. The van der Waals surface area contributed by atoms with E-state index in [0.717, 1.165) is 0 Å². The topological polar surface area (TPSA) is 93.7 Å². The predicted molar refractivity (Wildman–Crippen MR) is 98.0 cm³/mol. The van der Waals surface area contributed by atoms with Gasteiger partial charge in [-0.3, -0.25) is 20.2 Å². The van der Waals surface area contributed by atoms with E-state index in [1.165, 1.54) is 18.2 Å². The van der Waals surface area contributed by atoms with Crippen LogP contribution in [0.3, 0.4) is 0 Å². The highest BCUT2D eigenvalue weighted by atomic mass is 19.1. The summed E-state index contributed by atoms with van der Waals surface area (Å²) in [7, 11) is 0. The number of urea groups is 1. The molecule has 3 rings (SSSR count). The van der Waals surface area contributed by atoms with E-state index >= 15 is 0 Å². The van der Waals surface area contributed by atoms with Gasteiger partial charge in [0, 0.05) is 0 Å². The van der Waals surface area contributed by atoms with Crippen molar-refractivity contribution >= 4 is 23.9 Å². The lowest BCUT2D eigenvalue weighted by atomic mass is 10.1. The maximum absolute atomic E-state index is 13.3. The molecular weight excluding hydrogens is 367 g/mol. The van der Waals surface area contributed by atoms with Crippen molar-refractivity contribution in [2.45, 2.75) is 13.5 Å². The van der Waals surface area contributed by atoms with Gasteiger partial charge in [-0.2, -0.15) is 0 Å². The van der Waals surface area contributed by atoms with Crippen LogP contribution >= 0.6 is 0 Å². The Labute approximate surface area is 160 Å². The van der Waals surface area contributed by atoms with E-state index in [9.17, 15) is 18.8 Å². The molecule has 7 nitrogen and oxygen atoms in total. The zero-order valence-corrected chi connectivity index (χ0v) is 15.0. The van der Waals surface area contributed by atoms with E-state index in [0.29, 0.717) is 29.2 Å². The summed E-state index contributed by atoms with van der Waals surface area (Å²) in [6.45, 7) is 2.31. The number of nitrogens with one attached hydrogen (secondary N) is 2. The molecule has 1 fully saturated rings. The summed E-state index contributed by atoms with van der Waals surface area (Å²) in [5, 5.41) is 4.02. The minimum atomic E-state index is -0.858. The standard InChI is InChI=1S/C20H17FN2O5/c1-2-27-17-10-12(9-15-18(24)22-20(26)23-19(15)25)6-7-16(17)28-11-13-4-3-5-14(21)8-13/h3-10H,2,11H2,1H3,(H2,22,23,24,25,26). The Morgan fingerprint density at radius 1 is 0.964 bits per heavy atom. The van der Waals surface area contributed by atoms with Gasteiger partial charge in [0.05, 0.1) is 6.61 Å². The van der Waals surface area contributed by atoms with Gasteiger partial charge in [0.2, 0.25) is 0 Å². The quantitative estimate of drug-likeness (QED) is 0.590. The first-order chi connectivity index (χ1) is 13.5. The van der Waals surface area contributed by atoms with Gasteiger partial charge in [0.25, 0.3) is 11.8 Å². The summed E-state index contributed by atoms with van der Waals surface area (Å²) < 4.78 is 24.6. The van der Waals surface area contributed by atoms with Crippen LogP contribution in [0, 0.1) is 5.82 Å². The summed E-state index contributed by atoms with van der Waals surface area (Å²) in [6.07, 6.45) is 1.34. The number of hydrogen-bond donors (Lipinski definition) is 2. The highest BCUT2D eigenvalue weighted by Gasteiger charge is 2.27. The molecule has 0 atom stereocenters. The number of barbiturate groups is 1. The predicted octanol–water partition coefficient (Wildman–Crippen LogP) is 2.55. The summed E-state index contributed by atoms with van der Waals surface area (Å²) in [6, 6.07) is 10.1. The van der Waals surface area contributed by atoms with Gasteiger partial charge in [0.15, 0.2) is 11.5 Å². The fraction of sp³-hybridized carbons (Fsp3) is 0.150. The van der Waals surface area contributed by atoms with Crippen molar-refractivity contribution in [1.29, 1.82) is 0 Å². The molecule has 2 aromatic carbocycles. The van der Waals surface area contributed by atoms with Gasteiger partial charge in [-0.1, -0.05) is 18.2 Å². The number of rotatable bonds is 6. The van der Waals surface area contributed by atoms with Crippen LogP contribution in [0.1, 0.15) is 18.1 Å². The number of hydrogen-bond acceptors (Lipinski definition) is 5. The molecule has 0 aromatic heterocycles. The molecule has 1 aliphatic rings. The third kappa shape index (κ3) is 4.53. The first-order valence-corrected chi connectivity index (χ1v) is 8.48. The second kappa shape index (κ2) is 8.34. The fourth-order valence-corrected chi connectivity index (χ4v) is 2.56. The van der Waals surface area contributed by atoms with Gasteiger partial charge in [0.1, 0.15) is 18.0 Å². The normalized spacial score (nSPS) is 13.6. The molecule has 4 amide bonds. The molecular formula is C20H17FN2O5. The lowest BCUT2D eigenvalue weighted by Crippen LogP contribution is -2.51. The van der Waals surface area contributed by atoms with Gasteiger partial charge >= 0.3 is 6.03 Å². The highest BCUT2D eigenvalue weighted by molar-refractivity contribution is 6.31. The molecule has 0 radical (unpaired) electrons. The molecule has 0 aliphatic carbocycles. The Morgan fingerprint density at radius 2 is 1.71 bits per heavy atom. The van der Waals surface area contributed by atoms with E-state index in [-0.39, 0.29) is 18.0 Å². The van der Waals surface area contributed by atoms with Gasteiger partial charge < -0.3 is 9.47 Å². The Balaban J connectivity index is 1.82. The Hall–Kier alpha value is -3.68. The molecule has 2 aromatic rings. The number of halogens is 1. The van der Waals surface area contributed by atoms with Crippen molar-refractivity contribution in [2.75, 3.05) is 6.61 Å². The lowest BCUT2D eigenvalue weighted by molar-refractivity contribution is -0.123. The molecule has 1 heterocycles. The minimum absolute atomic E-state index is 0.144. The second-order valence-electron chi connectivity index (χ2n) is 5.85. The molecule has 0 unspecified atom stereocenters.